The topological polar surface area (TPSA) is 103 Å². The Bertz CT molecular complexity index is 986. The van der Waals surface area contributed by atoms with E-state index in [1.807, 2.05) is 29.8 Å². The van der Waals surface area contributed by atoms with Crippen molar-refractivity contribution in [3.8, 4) is 0 Å². The second kappa shape index (κ2) is 7.01. The Morgan fingerprint density at radius 2 is 2.14 bits per heavy atom. The van der Waals surface area contributed by atoms with Gasteiger partial charge in [0.25, 0.3) is 5.91 Å². The van der Waals surface area contributed by atoms with Crippen LogP contribution in [0.2, 0.25) is 0 Å². The van der Waals surface area contributed by atoms with Crippen molar-refractivity contribution in [1.82, 2.24) is 25.8 Å². The lowest BCUT2D eigenvalue weighted by Crippen LogP contribution is -2.64. The van der Waals surface area contributed by atoms with Gasteiger partial charge in [0.05, 0.1) is 5.54 Å². The zero-order valence-corrected chi connectivity index (χ0v) is 16.6. The molecule has 2 fully saturated rings. The molecule has 9 heteroatoms. The standard InChI is InChI=1S/C20H21N5O3S/c26-16-5-4-15(17(27)24-16)25-9-14-12(2-1-3-13(14)18(25)28)8-23-20(10-21-11-20)19-22-6-7-29-19/h1-3,6-7,15,21,23H,4-5,8-11H2,(H,24,26,27). The van der Waals surface area contributed by atoms with Gasteiger partial charge in [-0.1, -0.05) is 12.1 Å². The highest BCUT2D eigenvalue weighted by Crippen LogP contribution is 2.32. The summed E-state index contributed by atoms with van der Waals surface area (Å²) >= 11 is 1.64. The second-order valence-corrected chi connectivity index (χ2v) is 8.61. The van der Waals surface area contributed by atoms with E-state index in [0.717, 1.165) is 29.2 Å². The van der Waals surface area contributed by atoms with Gasteiger partial charge in [-0.2, -0.15) is 0 Å². The summed E-state index contributed by atoms with van der Waals surface area (Å²) in [6, 6.07) is 5.13. The van der Waals surface area contributed by atoms with E-state index in [2.05, 4.69) is 20.9 Å². The first-order valence-corrected chi connectivity index (χ1v) is 10.6. The molecule has 1 aromatic heterocycles. The number of fused-ring (bicyclic) bond motifs is 1. The number of nitrogens with one attached hydrogen (secondary N) is 3. The molecule has 0 spiro atoms. The predicted octanol–water partition coefficient (Wildman–Crippen LogP) is 0.492. The van der Waals surface area contributed by atoms with E-state index in [1.165, 1.54) is 0 Å². The number of aromatic nitrogens is 1. The average Bonchev–Trinajstić information content (AvgIpc) is 3.31. The summed E-state index contributed by atoms with van der Waals surface area (Å²) in [5.41, 5.74) is 2.47. The van der Waals surface area contributed by atoms with Gasteiger partial charge in [-0.25, -0.2) is 4.98 Å². The van der Waals surface area contributed by atoms with E-state index < -0.39 is 6.04 Å². The van der Waals surface area contributed by atoms with Crippen molar-refractivity contribution >= 4 is 29.1 Å². The van der Waals surface area contributed by atoms with Gasteiger partial charge in [0, 0.05) is 49.7 Å². The Morgan fingerprint density at radius 3 is 2.83 bits per heavy atom. The molecule has 2 saturated heterocycles. The first-order chi connectivity index (χ1) is 14.1. The number of amides is 3. The predicted molar refractivity (Wildman–Crippen MR) is 106 cm³/mol. The molecule has 3 aliphatic heterocycles. The number of hydrogen-bond donors (Lipinski definition) is 3. The van der Waals surface area contributed by atoms with Crippen LogP contribution in [-0.4, -0.2) is 46.7 Å². The zero-order valence-electron chi connectivity index (χ0n) is 15.7. The Kier molecular flexibility index (Phi) is 4.45. The van der Waals surface area contributed by atoms with Gasteiger partial charge in [0.1, 0.15) is 11.0 Å². The molecule has 3 N–H and O–H groups in total. The summed E-state index contributed by atoms with van der Waals surface area (Å²) in [5, 5.41) is 12.3. The number of hydrogen-bond acceptors (Lipinski definition) is 7. The van der Waals surface area contributed by atoms with Crippen molar-refractivity contribution < 1.29 is 14.4 Å². The molecule has 4 heterocycles. The molecular formula is C20H21N5O3S. The minimum absolute atomic E-state index is 0.142. The molecule has 0 saturated carbocycles. The van der Waals surface area contributed by atoms with Crippen molar-refractivity contribution in [2.75, 3.05) is 13.1 Å². The summed E-state index contributed by atoms with van der Waals surface area (Å²) in [5.74, 6) is -0.802. The van der Waals surface area contributed by atoms with Crippen LogP contribution >= 0.6 is 11.3 Å². The van der Waals surface area contributed by atoms with Gasteiger partial charge in [-0.05, 0) is 23.6 Å². The van der Waals surface area contributed by atoms with Gasteiger partial charge in [0.15, 0.2) is 0 Å². The normalized spacial score (nSPS) is 23.0. The number of carbonyl (C=O) groups is 3. The number of piperidine rings is 1. The van der Waals surface area contributed by atoms with Crippen LogP contribution in [0.5, 0.6) is 0 Å². The molecule has 0 radical (unpaired) electrons. The third-order valence-corrected chi connectivity index (χ3v) is 6.97. The number of nitrogens with zero attached hydrogens (tertiary/aromatic N) is 2. The van der Waals surface area contributed by atoms with Crippen molar-refractivity contribution in [3.63, 3.8) is 0 Å². The number of thiazole rings is 1. The lowest BCUT2D eigenvalue weighted by Gasteiger charge is -2.42. The minimum Gasteiger partial charge on any atom is -0.322 e. The van der Waals surface area contributed by atoms with Crippen LogP contribution in [0.3, 0.4) is 0 Å². The first kappa shape index (κ1) is 18.4. The van der Waals surface area contributed by atoms with E-state index in [0.29, 0.717) is 25.1 Å². The maximum absolute atomic E-state index is 13.0. The largest absolute Gasteiger partial charge is 0.322 e. The van der Waals surface area contributed by atoms with Gasteiger partial charge < -0.3 is 10.2 Å². The van der Waals surface area contributed by atoms with E-state index in [4.69, 9.17) is 0 Å². The van der Waals surface area contributed by atoms with Crippen LogP contribution in [0, 0.1) is 0 Å². The van der Waals surface area contributed by atoms with Crippen molar-refractivity contribution in [3.05, 3.63) is 51.5 Å². The molecule has 1 unspecified atom stereocenters. The molecule has 150 valence electrons. The number of carbonyl (C=O) groups excluding carboxylic acids is 3. The van der Waals surface area contributed by atoms with Gasteiger partial charge >= 0.3 is 0 Å². The Balaban J connectivity index is 1.36. The van der Waals surface area contributed by atoms with Crippen LogP contribution in [0.15, 0.2) is 29.8 Å². The fraction of sp³-hybridized carbons (Fsp3) is 0.400. The van der Waals surface area contributed by atoms with E-state index in [9.17, 15) is 14.4 Å². The van der Waals surface area contributed by atoms with Gasteiger partial charge in [0.2, 0.25) is 11.8 Å². The summed E-state index contributed by atoms with van der Waals surface area (Å²) < 4.78 is 0. The fourth-order valence-electron chi connectivity index (χ4n) is 4.27. The quantitative estimate of drug-likeness (QED) is 0.619. The maximum atomic E-state index is 13.0. The second-order valence-electron chi connectivity index (χ2n) is 7.72. The molecule has 1 atom stereocenters. The summed E-state index contributed by atoms with van der Waals surface area (Å²) in [4.78, 5) is 42.7. The smallest absolute Gasteiger partial charge is 0.255 e. The van der Waals surface area contributed by atoms with Crippen LogP contribution < -0.4 is 16.0 Å². The minimum atomic E-state index is -0.592. The van der Waals surface area contributed by atoms with Crippen LogP contribution in [0.4, 0.5) is 0 Å². The van der Waals surface area contributed by atoms with E-state index in [1.54, 1.807) is 16.2 Å². The Hall–Kier alpha value is -2.62. The zero-order chi connectivity index (χ0) is 20.0. The molecule has 3 aliphatic rings. The highest BCUT2D eigenvalue weighted by molar-refractivity contribution is 7.09. The molecule has 0 aliphatic carbocycles. The first-order valence-electron chi connectivity index (χ1n) is 9.68. The van der Waals surface area contributed by atoms with Crippen molar-refractivity contribution in [2.45, 2.75) is 37.5 Å². The number of benzene rings is 1. The molecule has 5 rings (SSSR count). The highest BCUT2D eigenvalue weighted by atomic mass is 32.1. The molecule has 3 amide bonds. The van der Waals surface area contributed by atoms with Gasteiger partial charge in [-0.3, -0.25) is 25.0 Å². The highest BCUT2D eigenvalue weighted by Gasteiger charge is 2.42. The van der Waals surface area contributed by atoms with Crippen molar-refractivity contribution in [1.29, 1.82) is 0 Å². The van der Waals surface area contributed by atoms with Crippen LogP contribution in [0.1, 0.15) is 39.3 Å². The van der Waals surface area contributed by atoms with Gasteiger partial charge in [-0.15, -0.1) is 11.3 Å². The SMILES string of the molecule is O=C1CCC(N2Cc3c(CNC4(c5nccs5)CNC4)cccc3C2=O)C(=O)N1. The third kappa shape index (κ3) is 3.06. The summed E-state index contributed by atoms with van der Waals surface area (Å²) in [6.45, 7) is 2.63. The third-order valence-electron chi connectivity index (χ3n) is 5.99. The van der Waals surface area contributed by atoms with Crippen molar-refractivity contribution in [2.24, 2.45) is 0 Å². The lowest BCUT2D eigenvalue weighted by atomic mass is 9.92. The summed E-state index contributed by atoms with van der Waals surface area (Å²) in [6.07, 6.45) is 2.45. The Labute approximate surface area is 171 Å². The van der Waals surface area contributed by atoms with E-state index in [-0.39, 0.29) is 29.7 Å². The summed E-state index contributed by atoms with van der Waals surface area (Å²) in [7, 11) is 0. The monoisotopic (exact) mass is 411 g/mol. The fourth-order valence-corrected chi connectivity index (χ4v) is 5.08. The lowest BCUT2D eigenvalue weighted by molar-refractivity contribution is -0.136. The molecule has 29 heavy (non-hydrogen) atoms. The number of rotatable bonds is 5. The molecule has 0 bridgehead atoms. The van der Waals surface area contributed by atoms with E-state index >= 15 is 0 Å². The Morgan fingerprint density at radius 1 is 1.28 bits per heavy atom. The number of imide groups is 1. The van der Waals surface area contributed by atoms with Crippen LogP contribution in [-0.2, 0) is 28.2 Å². The molecule has 2 aromatic rings. The van der Waals surface area contributed by atoms with Crippen LogP contribution in [0.25, 0.3) is 0 Å². The average molecular weight is 411 g/mol. The molecule has 1 aromatic carbocycles. The maximum Gasteiger partial charge on any atom is 0.255 e. The molecular weight excluding hydrogens is 390 g/mol. The molecule has 8 nitrogen and oxygen atoms in total.